The molecule has 2 aromatic heterocycles. The molecule has 10 aromatic rings. The highest BCUT2D eigenvalue weighted by Gasteiger charge is 2.19. The summed E-state index contributed by atoms with van der Waals surface area (Å²) in [6.07, 6.45) is 0. The van der Waals surface area contributed by atoms with Crippen molar-refractivity contribution >= 4 is 32.7 Å². The van der Waals surface area contributed by atoms with Gasteiger partial charge in [-0.05, 0) is 68.4 Å². The summed E-state index contributed by atoms with van der Waals surface area (Å²) in [5, 5.41) is 4.48. The normalized spacial score (nSPS) is 11.4. The molecule has 0 aliphatic carbocycles. The van der Waals surface area contributed by atoms with E-state index in [9.17, 15) is 0 Å². The Bertz CT molecular complexity index is 2900. The van der Waals surface area contributed by atoms with Crippen LogP contribution in [-0.2, 0) is 0 Å². The van der Waals surface area contributed by atoms with Crippen molar-refractivity contribution < 1.29 is 4.42 Å². The molecule has 4 nitrogen and oxygen atoms in total. The number of hydrogen-bond acceptors (Lipinski definition) is 4. The maximum absolute atomic E-state index is 6.63. The lowest BCUT2D eigenvalue weighted by molar-refractivity contribution is 0.669. The second-order valence-corrected chi connectivity index (χ2v) is 13.3. The maximum Gasteiger partial charge on any atom is 0.164 e. The minimum Gasteiger partial charge on any atom is -0.456 e. The Morgan fingerprint density at radius 1 is 0.302 bits per heavy atom. The van der Waals surface area contributed by atoms with E-state index in [2.05, 4.69) is 146 Å². The number of furan rings is 1. The molecule has 4 heteroatoms. The summed E-state index contributed by atoms with van der Waals surface area (Å²) in [5.41, 5.74) is 11.2. The summed E-state index contributed by atoms with van der Waals surface area (Å²) in [6, 6.07) is 65.2. The molecule has 0 aliphatic heterocycles. The number of nitrogens with zero attached hydrogens (tertiary/aromatic N) is 3. The van der Waals surface area contributed by atoms with Crippen LogP contribution in [0.25, 0.3) is 100 Å². The average Bonchev–Trinajstić information content (AvgIpc) is 3.60. The van der Waals surface area contributed by atoms with E-state index in [1.807, 2.05) is 42.5 Å². The molecule has 248 valence electrons. The molecule has 0 unspecified atom stereocenters. The third kappa shape index (κ3) is 5.73. The van der Waals surface area contributed by atoms with Crippen molar-refractivity contribution in [1.82, 2.24) is 15.0 Å². The number of hydrogen-bond donors (Lipinski definition) is 0. The monoisotopic (exact) mass is 677 g/mol. The second kappa shape index (κ2) is 12.9. The van der Waals surface area contributed by atoms with E-state index >= 15 is 0 Å². The van der Waals surface area contributed by atoms with Gasteiger partial charge in [0.05, 0.1) is 0 Å². The summed E-state index contributed by atoms with van der Waals surface area (Å²) in [7, 11) is 0. The summed E-state index contributed by atoms with van der Waals surface area (Å²) < 4.78 is 6.63. The van der Waals surface area contributed by atoms with Crippen LogP contribution in [0, 0.1) is 0 Å². The molecular formula is C49H31N3O. The summed E-state index contributed by atoms with van der Waals surface area (Å²) in [5.74, 6) is 1.81. The van der Waals surface area contributed by atoms with Crippen LogP contribution < -0.4 is 0 Å². The van der Waals surface area contributed by atoms with Gasteiger partial charge in [0, 0.05) is 27.5 Å². The average molecular weight is 678 g/mol. The SMILES string of the molecule is c1ccc(-c2ccc(-c3ccc(-c4nc(-c5ccccc5)nc(-c5cc(-c6ccccc6)c6c(c5)oc5cc7ccccc7cc56)n4)cc3)cc2)cc1. The first-order chi connectivity index (χ1) is 26.2. The fourth-order valence-corrected chi connectivity index (χ4v) is 7.21. The standard InChI is InChI=1S/C49H31N3O/c1-4-12-32(13-5-1)33-20-22-34(23-21-33)35-24-26-38(27-25-35)48-50-47(37-16-8-3-9-17-37)51-49(52-48)41-29-42(36-14-6-2-7-15-36)46-43-28-39-18-10-11-19-40(39)30-44(43)53-45(46)31-41/h1-31H. The van der Waals surface area contributed by atoms with Gasteiger partial charge in [0.2, 0.25) is 0 Å². The third-order valence-corrected chi connectivity index (χ3v) is 9.92. The molecule has 0 fully saturated rings. The van der Waals surface area contributed by atoms with Crippen molar-refractivity contribution in [3.05, 3.63) is 188 Å². The van der Waals surface area contributed by atoms with Crippen LogP contribution in [0.3, 0.4) is 0 Å². The van der Waals surface area contributed by atoms with Gasteiger partial charge < -0.3 is 4.42 Å². The summed E-state index contributed by atoms with van der Waals surface area (Å²) in [6.45, 7) is 0. The van der Waals surface area contributed by atoms with Crippen molar-refractivity contribution in [2.24, 2.45) is 0 Å². The van der Waals surface area contributed by atoms with Crippen molar-refractivity contribution in [3.8, 4) is 67.5 Å². The van der Waals surface area contributed by atoms with E-state index in [0.717, 1.165) is 66.3 Å². The van der Waals surface area contributed by atoms with Crippen LogP contribution in [0.1, 0.15) is 0 Å². The van der Waals surface area contributed by atoms with Gasteiger partial charge >= 0.3 is 0 Å². The molecule has 10 rings (SSSR count). The fraction of sp³-hybridized carbons (Fsp3) is 0. The first-order valence-corrected chi connectivity index (χ1v) is 17.8. The molecular weight excluding hydrogens is 647 g/mol. The molecule has 0 N–H and O–H groups in total. The van der Waals surface area contributed by atoms with E-state index in [4.69, 9.17) is 19.4 Å². The molecule has 0 spiro atoms. The molecule has 0 amide bonds. The lowest BCUT2D eigenvalue weighted by Crippen LogP contribution is -2.00. The van der Waals surface area contributed by atoms with Gasteiger partial charge in [-0.25, -0.2) is 15.0 Å². The van der Waals surface area contributed by atoms with Gasteiger partial charge in [-0.2, -0.15) is 0 Å². The van der Waals surface area contributed by atoms with Crippen LogP contribution in [0.4, 0.5) is 0 Å². The van der Waals surface area contributed by atoms with Crippen molar-refractivity contribution in [2.75, 3.05) is 0 Å². The van der Waals surface area contributed by atoms with Crippen LogP contribution in [0.15, 0.2) is 192 Å². The molecule has 0 bridgehead atoms. The Morgan fingerprint density at radius 3 is 1.28 bits per heavy atom. The highest BCUT2D eigenvalue weighted by atomic mass is 16.3. The topological polar surface area (TPSA) is 51.8 Å². The summed E-state index contributed by atoms with van der Waals surface area (Å²) >= 11 is 0. The molecule has 0 atom stereocenters. The van der Waals surface area contributed by atoms with Gasteiger partial charge in [-0.15, -0.1) is 0 Å². The smallest absolute Gasteiger partial charge is 0.164 e. The second-order valence-electron chi connectivity index (χ2n) is 13.3. The minimum atomic E-state index is 0.583. The Balaban J connectivity index is 1.11. The van der Waals surface area contributed by atoms with E-state index in [1.165, 1.54) is 16.5 Å². The minimum absolute atomic E-state index is 0.583. The number of aromatic nitrogens is 3. The van der Waals surface area contributed by atoms with Crippen LogP contribution in [0.2, 0.25) is 0 Å². The first-order valence-electron chi connectivity index (χ1n) is 17.8. The Morgan fingerprint density at radius 2 is 0.717 bits per heavy atom. The number of rotatable bonds is 6. The van der Waals surface area contributed by atoms with Gasteiger partial charge in [-0.1, -0.05) is 164 Å². The van der Waals surface area contributed by atoms with Crippen LogP contribution in [-0.4, -0.2) is 15.0 Å². The highest BCUT2D eigenvalue weighted by Crippen LogP contribution is 2.41. The molecule has 0 saturated carbocycles. The van der Waals surface area contributed by atoms with Gasteiger partial charge in [0.15, 0.2) is 17.5 Å². The lowest BCUT2D eigenvalue weighted by Gasteiger charge is -2.11. The van der Waals surface area contributed by atoms with Gasteiger partial charge in [0.1, 0.15) is 11.2 Å². The largest absolute Gasteiger partial charge is 0.456 e. The molecule has 8 aromatic carbocycles. The molecule has 53 heavy (non-hydrogen) atoms. The predicted octanol–water partition coefficient (Wildman–Crippen LogP) is 12.9. The van der Waals surface area contributed by atoms with Crippen molar-refractivity contribution in [3.63, 3.8) is 0 Å². The van der Waals surface area contributed by atoms with Crippen LogP contribution in [0.5, 0.6) is 0 Å². The van der Waals surface area contributed by atoms with Gasteiger partial charge in [-0.3, -0.25) is 0 Å². The number of fused-ring (bicyclic) bond motifs is 4. The van der Waals surface area contributed by atoms with Crippen molar-refractivity contribution in [2.45, 2.75) is 0 Å². The number of benzene rings is 8. The molecule has 2 heterocycles. The Hall–Kier alpha value is -7.17. The zero-order valence-electron chi connectivity index (χ0n) is 28.6. The third-order valence-electron chi connectivity index (χ3n) is 9.92. The van der Waals surface area contributed by atoms with E-state index < -0.39 is 0 Å². The van der Waals surface area contributed by atoms with E-state index in [-0.39, 0.29) is 0 Å². The Kier molecular flexibility index (Phi) is 7.43. The predicted molar refractivity (Wildman–Crippen MR) is 217 cm³/mol. The van der Waals surface area contributed by atoms with Gasteiger partial charge in [0.25, 0.3) is 0 Å². The first kappa shape index (κ1) is 30.6. The van der Waals surface area contributed by atoms with E-state index in [1.54, 1.807) is 0 Å². The maximum atomic E-state index is 6.63. The Labute approximate surface area is 306 Å². The van der Waals surface area contributed by atoms with E-state index in [0.29, 0.717) is 17.5 Å². The zero-order valence-corrected chi connectivity index (χ0v) is 28.6. The van der Waals surface area contributed by atoms with Crippen LogP contribution >= 0.6 is 0 Å². The quantitative estimate of drug-likeness (QED) is 0.176. The zero-order chi connectivity index (χ0) is 35.1. The molecule has 0 radical (unpaired) electrons. The highest BCUT2D eigenvalue weighted by molar-refractivity contribution is 6.16. The lowest BCUT2D eigenvalue weighted by atomic mass is 9.96. The summed E-state index contributed by atoms with van der Waals surface area (Å²) in [4.78, 5) is 15.2. The molecule has 0 aliphatic rings. The van der Waals surface area contributed by atoms with Crippen molar-refractivity contribution in [1.29, 1.82) is 0 Å². The molecule has 0 saturated heterocycles. The fourth-order valence-electron chi connectivity index (χ4n) is 7.21.